The highest BCUT2D eigenvalue weighted by molar-refractivity contribution is 9.10. The number of methoxy groups -OCH3 is 3. The number of ether oxygens (including phenoxy) is 3. The van der Waals surface area contributed by atoms with Gasteiger partial charge in [-0.1, -0.05) is 15.9 Å². The van der Waals surface area contributed by atoms with E-state index in [1.54, 1.807) is 12.1 Å². The second-order valence-electron chi connectivity index (χ2n) is 5.61. The molecule has 0 heterocycles. The number of hydrogen-bond acceptors (Lipinski definition) is 6. The second-order valence-corrected chi connectivity index (χ2v) is 6.46. The van der Waals surface area contributed by atoms with Gasteiger partial charge in [0, 0.05) is 22.3 Å². The van der Waals surface area contributed by atoms with Crippen LogP contribution in [0, 0.1) is 6.92 Å². The zero-order chi connectivity index (χ0) is 20.0. The fourth-order valence-corrected chi connectivity index (χ4v) is 2.65. The first kappa shape index (κ1) is 20.6. The molecule has 27 heavy (non-hydrogen) atoms. The van der Waals surface area contributed by atoms with Crippen molar-refractivity contribution in [2.24, 2.45) is 0 Å². The van der Waals surface area contributed by atoms with Gasteiger partial charge in [-0.15, -0.1) is 0 Å². The van der Waals surface area contributed by atoms with E-state index in [2.05, 4.69) is 26.6 Å². The van der Waals surface area contributed by atoms with Gasteiger partial charge in [-0.05, 0) is 30.7 Å². The monoisotopic (exact) mass is 436 g/mol. The molecular formula is C19H21BrN2O5. The molecule has 0 atom stereocenters. The molecule has 0 aliphatic heterocycles. The van der Waals surface area contributed by atoms with Gasteiger partial charge < -0.3 is 24.8 Å². The first-order valence-corrected chi connectivity index (χ1v) is 8.83. The summed E-state index contributed by atoms with van der Waals surface area (Å²) in [5.41, 5.74) is 2.33. The van der Waals surface area contributed by atoms with Crippen LogP contribution in [0.5, 0.6) is 11.5 Å². The normalized spacial score (nSPS) is 10.1. The smallest absolute Gasteiger partial charge is 0.340 e. The van der Waals surface area contributed by atoms with Crippen LogP contribution in [-0.4, -0.2) is 39.8 Å². The van der Waals surface area contributed by atoms with E-state index in [0.29, 0.717) is 22.9 Å². The number of esters is 1. The van der Waals surface area contributed by atoms with Crippen molar-refractivity contribution in [3.8, 4) is 11.5 Å². The van der Waals surface area contributed by atoms with Crippen molar-refractivity contribution in [3.05, 3.63) is 45.9 Å². The van der Waals surface area contributed by atoms with Crippen molar-refractivity contribution in [1.82, 2.24) is 0 Å². The second kappa shape index (κ2) is 9.27. The van der Waals surface area contributed by atoms with Gasteiger partial charge in [0.1, 0.15) is 0 Å². The lowest BCUT2D eigenvalue weighted by Gasteiger charge is -2.15. The average Bonchev–Trinajstić information content (AvgIpc) is 2.67. The first-order chi connectivity index (χ1) is 12.9. The summed E-state index contributed by atoms with van der Waals surface area (Å²) >= 11 is 3.42. The Morgan fingerprint density at radius 3 is 2.30 bits per heavy atom. The number of halogens is 1. The van der Waals surface area contributed by atoms with Crippen LogP contribution in [0.2, 0.25) is 0 Å². The number of aryl methyl sites for hydroxylation is 1. The Bertz CT molecular complexity index is 854. The molecule has 144 valence electrons. The molecule has 0 spiro atoms. The molecule has 0 bridgehead atoms. The fraction of sp³-hybridized carbons (Fsp3) is 0.263. The number of anilines is 2. The van der Waals surface area contributed by atoms with E-state index in [9.17, 15) is 9.59 Å². The van der Waals surface area contributed by atoms with E-state index < -0.39 is 5.97 Å². The summed E-state index contributed by atoms with van der Waals surface area (Å²) in [6, 6.07) is 8.61. The van der Waals surface area contributed by atoms with Crippen LogP contribution in [-0.2, 0) is 9.53 Å². The van der Waals surface area contributed by atoms with Gasteiger partial charge in [0.05, 0.1) is 39.1 Å². The third kappa shape index (κ3) is 5.13. The maximum absolute atomic E-state index is 12.3. The van der Waals surface area contributed by atoms with Crippen molar-refractivity contribution in [1.29, 1.82) is 0 Å². The summed E-state index contributed by atoms with van der Waals surface area (Å²) < 4.78 is 16.2. The SMILES string of the molecule is COC(=O)c1cc(OC)c(OC)cc1NCC(=O)Nc1ccc(Br)c(C)c1. The van der Waals surface area contributed by atoms with E-state index in [1.807, 2.05) is 19.1 Å². The van der Waals surface area contributed by atoms with Crippen LogP contribution in [0.4, 0.5) is 11.4 Å². The van der Waals surface area contributed by atoms with Crippen LogP contribution in [0.3, 0.4) is 0 Å². The number of benzene rings is 2. The minimum Gasteiger partial charge on any atom is -0.493 e. The van der Waals surface area contributed by atoms with E-state index in [-0.39, 0.29) is 18.0 Å². The third-order valence-electron chi connectivity index (χ3n) is 3.81. The molecule has 0 saturated carbocycles. The molecule has 0 aliphatic carbocycles. The molecule has 0 radical (unpaired) electrons. The van der Waals surface area contributed by atoms with E-state index >= 15 is 0 Å². The molecule has 0 aromatic heterocycles. The number of hydrogen-bond donors (Lipinski definition) is 2. The average molecular weight is 437 g/mol. The summed E-state index contributed by atoms with van der Waals surface area (Å²) in [6.07, 6.45) is 0. The molecule has 0 saturated heterocycles. The Morgan fingerprint density at radius 2 is 1.70 bits per heavy atom. The number of carbonyl (C=O) groups is 2. The van der Waals surface area contributed by atoms with Gasteiger partial charge in [0.15, 0.2) is 11.5 Å². The molecule has 0 unspecified atom stereocenters. The Kier molecular flexibility index (Phi) is 7.06. The number of nitrogens with one attached hydrogen (secondary N) is 2. The topological polar surface area (TPSA) is 85.9 Å². The van der Waals surface area contributed by atoms with Gasteiger partial charge in [-0.25, -0.2) is 4.79 Å². The molecule has 2 aromatic rings. The maximum atomic E-state index is 12.3. The summed E-state index contributed by atoms with van der Waals surface area (Å²) in [5.74, 6) is -0.000413. The summed E-state index contributed by atoms with van der Waals surface area (Å²) in [6.45, 7) is 1.89. The third-order valence-corrected chi connectivity index (χ3v) is 4.70. The van der Waals surface area contributed by atoms with Crippen LogP contribution < -0.4 is 20.1 Å². The molecule has 8 heteroatoms. The van der Waals surface area contributed by atoms with Gasteiger partial charge >= 0.3 is 5.97 Å². The van der Waals surface area contributed by atoms with Crippen LogP contribution in [0.25, 0.3) is 0 Å². The minimum atomic E-state index is -0.553. The minimum absolute atomic E-state index is 0.0470. The summed E-state index contributed by atoms with van der Waals surface area (Å²) in [5, 5.41) is 5.74. The Balaban J connectivity index is 2.16. The van der Waals surface area contributed by atoms with Crippen molar-refractivity contribution in [2.45, 2.75) is 6.92 Å². The number of rotatable bonds is 7. The van der Waals surface area contributed by atoms with E-state index in [4.69, 9.17) is 14.2 Å². The Hall–Kier alpha value is -2.74. The zero-order valence-electron chi connectivity index (χ0n) is 15.5. The van der Waals surface area contributed by atoms with Crippen molar-refractivity contribution >= 4 is 39.2 Å². The summed E-state index contributed by atoms with van der Waals surface area (Å²) in [4.78, 5) is 24.3. The highest BCUT2D eigenvalue weighted by atomic mass is 79.9. The zero-order valence-corrected chi connectivity index (χ0v) is 17.1. The van der Waals surface area contributed by atoms with Gasteiger partial charge in [-0.3, -0.25) is 4.79 Å². The highest BCUT2D eigenvalue weighted by Crippen LogP contribution is 2.33. The molecule has 2 aromatic carbocycles. The lowest BCUT2D eigenvalue weighted by atomic mass is 10.1. The Labute approximate surface area is 166 Å². The van der Waals surface area contributed by atoms with E-state index in [1.165, 1.54) is 27.4 Å². The van der Waals surface area contributed by atoms with Crippen LogP contribution in [0.15, 0.2) is 34.8 Å². The number of carbonyl (C=O) groups excluding carboxylic acids is 2. The van der Waals surface area contributed by atoms with Gasteiger partial charge in [0.2, 0.25) is 5.91 Å². The van der Waals surface area contributed by atoms with Crippen molar-refractivity contribution in [2.75, 3.05) is 38.5 Å². The molecule has 0 fully saturated rings. The molecular weight excluding hydrogens is 416 g/mol. The fourth-order valence-electron chi connectivity index (χ4n) is 2.41. The molecule has 7 nitrogen and oxygen atoms in total. The van der Waals surface area contributed by atoms with Crippen molar-refractivity contribution < 1.29 is 23.8 Å². The largest absolute Gasteiger partial charge is 0.493 e. The Morgan fingerprint density at radius 1 is 1.04 bits per heavy atom. The molecule has 2 N–H and O–H groups in total. The standard InChI is InChI=1S/C19H21BrN2O5/c1-11-7-12(5-6-14(11)20)22-18(23)10-21-15-9-17(26-3)16(25-2)8-13(15)19(24)27-4/h5-9,21H,10H2,1-4H3,(H,22,23). The molecule has 1 amide bonds. The number of amides is 1. The highest BCUT2D eigenvalue weighted by Gasteiger charge is 2.18. The van der Waals surface area contributed by atoms with Crippen LogP contribution in [0.1, 0.15) is 15.9 Å². The predicted octanol–water partition coefficient (Wildman–Crippen LogP) is 3.61. The summed E-state index contributed by atoms with van der Waals surface area (Å²) in [7, 11) is 4.24. The predicted molar refractivity (Wildman–Crippen MR) is 107 cm³/mol. The lowest BCUT2D eigenvalue weighted by Crippen LogP contribution is -2.23. The van der Waals surface area contributed by atoms with Crippen molar-refractivity contribution in [3.63, 3.8) is 0 Å². The first-order valence-electron chi connectivity index (χ1n) is 8.03. The maximum Gasteiger partial charge on any atom is 0.340 e. The van der Waals surface area contributed by atoms with Crippen LogP contribution >= 0.6 is 15.9 Å². The molecule has 0 aliphatic rings. The molecule has 2 rings (SSSR count). The van der Waals surface area contributed by atoms with E-state index in [0.717, 1.165) is 10.0 Å². The van der Waals surface area contributed by atoms with Gasteiger partial charge in [0.25, 0.3) is 0 Å². The lowest BCUT2D eigenvalue weighted by molar-refractivity contribution is -0.114. The quantitative estimate of drug-likeness (QED) is 0.644. The van der Waals surface area contributed by atoms with Gasteiger partial charge in [-0.2, -0.15) is 0 Å².